The van der Waals surface area contributed by atoms with Gasteiger partial charge in [-0.3, -0.25) is 4.79 Å². The molecule has 0 spiro atoms. The maximum atomic E-state index is 12.1. The average Bonchev–Trinajstić information content (AvgIpc) is 3.01. The number of Topliss-reactive ketones (excluding diaryl/α,β-unsaturated/α-hetero) is 1. The fraction of sp³-hybridized carbons (Fsp3) is 0.200. The van der Waals surface area contributed by atoms with Crippen LogP contribution in [0.4, 0.5) is 0 Å². The molecule has 4 nitrogen and oxygen atoms in total. The van der Waals surface area contributed by atoms with E-state index in [1.807, 2.05) is 0 Å². The quantitative estimate of drug-likeness (QED) is 0.627. The second kappa shape index (κ2) is 6.34. The maximum Gasteiger partial charge on any atom is 0.349 e. The lowest BCUT2D eigenvalue weighted by atomic mass is 10.1. The van der Waals surface area contributed by atoms with Gasteiger partial charge in [-0.2, -0.15) is 0 Å². The first-order chi connectivity index (χ1) is 9.61. The van der Waals surface area contributed by atoms with E-state index < -0.39 is 12.1 Å². The molecule has 2 rings (SSSR count). The first kappa shape index (κ1) is 14.3. The van der Waals surface area contributed by atoms with Gasteiger partial charge in [-0.05, 0) is 42.6 Å². The first-order valence-corrected chi connectivity index (χ1v) is 6.92. The van der Waals surface area contributed by atoms with Crippen molar-refractivity contribution < 1.29 is 19.1 Å². The fourth-order valence-corrected chi connectivity index (χ4v) is 2.26. The minimum absolute atomic E-state index is 0.238. The molecule has 1 aromatic carbocycles. The smallest absolute Gasteiger partial charge is 0.349 e. The van der Waals surface area contributed by atoms with E-state index in [2.05, 4.69) is 0 Å². The predicted octanol–water partition coefficient (Wildman–Crippen LogP) is 3.18. The zero-order chi connectivity index (χ0) is 14.5. The highest BCUT2D eigenvalue weighted by Crippen LogP contribution is 2.16. The molecule has 20 heavy (non-hydrogen) atoms. The average molecular weight is 290 g/mol. The van der Waals surface area contributed by atoms with Crippen LogP contribution in [-0.4, -0.2) is 25.0 Å². The number of esters is 1. The lowest BCUT2D eigenvalue weighted by Gasteiger charge is -2.11. The van der Waals surface area contributed by atoms with Crippen molar-refractivity contribution in [3.8, 4) is 5.75 Å². The molecule has 0 aliphatic rings. The summed E-state index contributed by atoms with van der Waals surface area (Å²) >= 11 is 1.28. The third kappa shape index (κ3) is 3.24. The molecule has 0 saturated heterocycles. The van der Waals surface area contributed by atoms with Crippen LogP contribution in [0.1, 0.15) is 27.0 Å². The highest BCUT2D eigenvalue weighted by Gasteiger charge is 2.20. The zero-order valence-corrected chi connectivity index (χ0v) is 12.0. The largest absolute Gasteiger partial charge is 0.497 e. The van der Waals surface area contributed by atoms with Crippen LogP contribution in [0.3, 0.4) is 0 Å². The summed E-state index contributed by atoms with van der Waals surface area (Å²) in [5.74, 6) is -0.0447. The van der Waals surface area contributed by atoms with Gasteiger partial charge in [0.1, 0.15) is 10.6 Å². The molecule has 0 bridgehead atoms. The van der Waals surface area contributed by atoms with E-state index in [0.717, 1.165) is 0 Å². The summed E-state index contributed by atoms with van der Waals surface area (Å²) in [7, 11) is 1.56. The molecule has 0 fully saturated rings. The molecular formula is C15H14O4S. The summed E-state index contributed by atoms with van der Waals surface area (Å²) in [5.41, 5.74) is 0.484. The van der Waals surface area contributed by atoms with Gasteiger partial charge in [0.2, 0.25) is 5.78 Å². The summed E-state index contributed by atoms with van der Waals surface area (Å²) in [6.45, 7) is 1.57. The topological polar surface area (TPSA) is 52.6 Å². The number of ketones is 1. The summed E-state index contributed by atoms with van der Waals surface area (Å²) in [5, 5.41) is 1.78. The molecule has 0 N–H and O–H groups in total. The first-order valence-electron chi connectivity index (χ1n) is 6.04. The molecule has 0 saturated carbocycles. The number of hydrogen-bond donors (Lipinski definition) is 0. The van der Waals surface area contributed by atoms with E-state index in [4.69, 9.17) is 9.47 Å². The van der Waals surface area contributed by atoms with Crippen molar-refractivity contribution in [1.29, 1.82) is 0 Å². The SMILES string of the molecule is COc1ccc(C(=O)C(C)OC(=O)c2cccs2)cc1. The second-order valence-electron chi connectivity index (χ2n) is 4.12. The standard InChI is InChI=1S/C15H14O4S/c1-10(19-15(17)13-4-3-9-20-13)14(16)11-5-7-12(18-2)8-6-11/h3-10H,1-2H3. The van der Waals surface area contributed by atoms with Gasteiger partial charge in [0.25, 0.3) is 0 Å². The Labute approximate surface area is 121 Å². The second-order valence-corrected chi connectivity index (χ2v) is 5.07. The van der Waals surface area contributed by atoms with Crippen molar-refractivity contribution in [2.24, 2.45) is 0 Å². The molecule has 0 radical (unpaired) electrons. The number of ether oxygens (including phenoxy) is 2. The molecule has 1 atom stereocenters. The van der Waals surface area contributed by atoms with Crippen LogP contribution in [0.5, 0.6) is 5.75 Å². The minimum Gasteiger partial charge on any atom is -0.497 e. The third-order valence-electron chi connectivity index (χ3n) is 2.75. The Hall–Kier alpha value is -2.14. The van der Waals surface area contributed by atoms with E-state index in [9.17, 15) is 9.59 Å². The summed E-state index contributed by atoms with van der Waals surface area (Å²) in [4.78, 5) is 24.4. The van der Waals surface area contributed by atoms with Gasteiger partial charge in [-0.15, -0.1) is 11.3 Å². The normalized spacial score (nSPS) is 11.7. The number of methoxy groups -OCH3 is 1. The summed E-state index contributed by atoms with van der Waals surface area (Å²) in [6, 6.07) is 10.1. The molecule has 0 aliphatic carbocycles. The number of rotatable bonds is 5. The fourth-order valence-electron chi connectivity index (χ4n) is 1.66. The van der Waals surface area contributed by atoms with Gasteiger partial charge in [0, 0.05) is 5.56 Å². The van der Waals surface area contributed by atoms with Crippen molar-refractivity contribution in [3.05, 3.63) is 52.2 Å². The van der Waals surface area contributed by atoms with Gasteiger partial charge in [0.05, 0.1) is 7.11 Å². The van der Waals surface area contributed by atoms with Gasteiger partial charge < -0.3 is 9.47 Å². The van der Waals surface area contributed by atoms with Crippen LogP contribution in [-0.2, 0) is 4.74 Å². The molecule has 5 heteroatoms. The van der Waals surface area contributed by atoms with Gasteiger partial charge in [-0.1, -0.05) is 6.07 Å². The van der Waals surface area contributed by atoms with Crippen molar-refractivity contribution >= 4 is 23.1 Å². The van der Waals surface area contributed by atoms with Gasteiger partial charge in [-0.25, -0.2) is 4.79 Å². The van der Waals surface area contributed by atoms with E-state index in [1.165, 1.54) is 11.3 Å². The number of carbonyl (C=O) groups excluding carboxylic acids is 2. The molecule has 1 heterocycles. The lowest BCUT2D eigenvalue weighted by Crippen LogP contribution is -2.24. The summed E-state index contributed by atoms with van der Waals surface area (Å²) < 4.78 is 10.2. The van der Waals surface area contributed by atoms with E-state index in [0.29, 0.717) is 16.2 Å². The molecular weight excluding hydrogens is 276 g/mol. The third-order valence-corrected chi connectivity index (χ3v) is 3.60. The monoisotopic (exact) mass is 290 g/mol. The van der Waals surface area contributed by atoms with Crippen LogP contribution < -0.4 is 4.74 Å². The number of benzene rings is 1. The van der Waals surface area contributed by atoms with E-state index >= 15 is 0 Å². The van der Waals surface area contributed by atoms with E-state index in [1.54, 1.807) is 55.8 Å². The van der Waals surface area contributed by atoms with Crippen LogP contribution in [0.15, 0.2) is 41.8 Å². The molecule has 0 aliphatic heterocycles. The Balaban J connectivity index is 2.02. The Morgan fingerprint density at radius 2 is 1.85 bits per heavy atom. The van der Waals surface area contributed by atoms with Crippen LogP contribution >= 0.6 is 11.3 Å². The minimum atomic E-state index is -0.821. The highest BCUT2D eigenvalue weighted by molar-refractivity contribution is 7.11. The maximum absolute atomic E-state index is 12.1. The Morgan fingerprint density at radius 1 is 1.15 bits per heavy atom. The summed E-state index contributed by atoms with van der Waals surface area (Å²) in [6.07, 6.45) is -0.821. The molecule has 1 aromatic heterocycles. The van der Waals surface area contributed by atoms with Crippen LogP contribution in [0.2, 0.25) is 0 Å². The van der Waals surface area contributed by atoms with Crippen LogP contribution in [0.25, 0.3) is 0 Å². The van der Waals surface area contributed by atoms with Crippen molar-refractivity contribution in [2.75, 3.05) is 7.11 Å². The van der Waals surface area contributed by atoms with Gasteiger partial charge in [0.15, 0.2) is 6.10 Å². The molecule has 104 valence electrons. The highest BCUT2D eigenvalue weighted by atomic mass is 32.1. The van der Waals surface area contributed by atoms with E-state index in [-0.39, 0.29) is 5.78 Å². The predicted molar refractivity (Wildman–Crippen MR) is 76.5 cm³/mol. The van der Waals surface area contributed by atoms with Crippen molar-refractivity contribution in [2.45, 2.75) is 13.0 Å². The Morgan fingerprint density at radius 3 is 2.40 bits per heavy atom. The zero-order valence-electron chi connectivity index (χ0n) is 11.2. The molecule has 2 aromatic rings. The van der Waals surface area contributed by atoms with Gasteiger partial charge >= 0.3 is 5.97 Å². The molecule has 1 unspecified atom stereocenters. The number of hydrogen-bond acceptors (Lipinski definition) is 5. The van der Waals surface area contributed by atoms with Crippen LogP contribution in [0, 0.1) is 0 Å². The lowest BCUT2D eigenvalue weighted by molar-refractivity contribution is 0.0323. The number of thiophene rings is 1. The van der Waals surface area contributed by atoms with Crippen molar-refractivity contribution in [1.82, 2.24) is 0 Å². The van der Waals surface area contributed by atoms with Crippen molar-refractivity contribution in [3.63, 3.8) is 0 Å². The Kier molecular flexibility index (Phi) is 4.53. The number of carbonyl (C=O) groups is 2. The molecule has 0 amide bonds. The Bertz CT molecular complexity index is 587.